The molecule has 0 heterocycles. The first-order chi connectivity index (χ1) is 7.41. The molecular formula is C11H11BrO4. The van der Waals surface area contributed by atoms with Gasteiger partial charge in [-0.15, -0.1) is 0 Å². The van der Waals surface area contributed by atoms with Gasteiger partial charge >= 0.3 is 5.97 Å². The molecule has 1 atom stereocenters. The van der Waals surface area contributed by atoms with Gasteiger partial charge in [0.2, 0.25) is 0 Å². The van der Waals surface area contributed by atoms with Crippen LogP contribution in [0.5, 0.6) is 0 Å². The molecule has 0 bridgehead atoms. The number of halogens is 1. The minimum Gasteiger partial charge on any atom is -0.479 e. The Morgan fingerprint density at radius 1 is 1.44 bits per heavy atom. The van der Waals surface area contributed by atoms with E-state index in [1.807, 2.05) is 0 Å². The molecule has 1 rings (SSSR count). The van der Waals surface area contributed by atoms with Gasteiger partial charge in [0.15, 0.2) is 6.10 Å². The van der Waals surface area contributed by atoms with E-state index >= 15 is 0 Å². The van der Waals surface area contributed by atoms with E-state index in [9.17, 15) is 14.7 Å². The van der Waals surface area contributed by atoms with E-state index < -0.39 is 12.1 Å². The fourth-order valence-electron chi connectivity index (χ4n) is 1.38. The van der Waals surface area contributed by atoms with Crippen LogP contribution in [0.4, 0.5) is 0 Å². The summed E-state index contributed by atoms with van der Waals surface area (Å²) in [4.78, 5) is 21.7. The molecule has 0 spiro atoms. The summed E-state index contributed by atoms with van der Waals surface area (Å²) in [6.45, 7) is 1.42. The fourth-order valence-corrected chi connectivity index (χ4v) is 1.76. The molecule has 0 saturated heterocycles. The molecule has 1 unspecified atom stereocenters. The van der Waals surface area contributed by atoms with Crippen molar-refractivity contribution in [3.8, 4) is 0 Å². The minimum atomic E-state index is -1.60. The number of aliphatic carboxylic acids is 1. The molecule has 0 aliphatic heterocycles. The Bertz CT molecular complexity index is 428. The van der Waals surface area contributed by atoms with Crippen molar-refractivity contribution in [2.45, 2.75) is 19.4 Å². The SMILES string of the molecule is CC(=O)Cc1ccc(Br)cc1C(O)C(=O)O. The number of hydrogen-bond donors (Lipinski definition) is 2. The molecule has 0 aromatic heterocycles. The number of carboxylic acids is 1. The molecule has 86 valence electrons. The number of carbonyl (C=O) groups is 2. The van der Waals surface area contributed by atoms with Crippen LogP contribution in [-0.2, 0) is 16.0 Å². The lowest BCUT2D eigenvalue weighted by molar-refractivity contribution is -0.147. The van der Waals surface area contributed by atoms with Crippen molar-refractivity contribution < 1.29 is 19.8 Å². The molecule has 2 N–H and O–H groups in total. The highest BCUT2D eigenvalue weighted by Gasteiger charge is 2.20. The van der Waals surface area contributed by atoms with Crippen molar-refractivity contribution in [3.05, 3.63) is 33.8 Å². The van der Waals surface area contributed by atoms with E-state index in [2.05, 4.69) is 15.9 Å². The first-order valence-corrected chi connectivity index (χ1v) is 5.39. The number of hydrogen-bond acceptors (Lipinski definition) is 3. The van der Waals surface area contributed by atoms with Crippen LogP contribution in [0.25, 0.3) is 0 Å². The molecule has 0 saturated carbocycles. The summed E-state index contributed by atoms with van der Waals surface area (Å²) in [5.74, 6) is -1.41. The average molecular weight is 287 g/mol. The van der Waals surface area contributed by atoms with E-state index in [0.29, 0.717) is 10.0 Å². The Kier molecular flexibility index (Phi) is 4.20. The number of ketones is 1. The van der Waals surface area contributed by atoms with E-state index in [1.165, 1.54) is 13.0 Å². The third kappa shape index (κ3) is 3.15. The van der Waals surface area contributed by atoms with E-state index in [1.54, 1.807) is 12.1 Å². The van der Waals surface area contributed by atoms with Crippen LogP contribution < -0.4 is 0 Å². The number of carboxylic acid groups (broad SMARTS) is 1. The lowest BCUT2D eigenvalue weighted by Gasteiger charge is -2.11. The summed E-state index contributed by atoms with van der Waals surface area (Å²) in [6, 6.07) is 4.85. The Labute approximate surface area is 101 Å². The molecule has 16 heavy (non-hydrogen) atoms. The highest BCUT2D eigenvalue weighted by Crippen LogP contribution is 2.23. The van der Waals surface area contributed by atoms with Crippen molar-refractivity contribution in [1.82, 2.24) is 0 Å². The minimum absolute atomic E-state index is 0.0823. The maximum Gasteiger partial charge on any atom is 0.337 e. The Morgan fingerprint density at radius 3 is 2.56 bits per heavy atom. The van der Waals surface area contributed by atoms with Crippen LogP contribution in [-0.4, -0.2) is 22.0 Å². The number of aliphatic hydroxyl groups is 1. The molecule has 4 nitrogen and oxygen atoms in total. The van der Waals surface area contributed by atoms with Gasteiger partial charge in [-0.3, -0.25) is 4.79 Å². The maximum absolute atomic E-state index is 11.0. The number of rotatable bonds is 4. The Balaban J connectivity index is 3.17. The summed E-state index contributed by atoms with van der Waals surface area (Å²) in [7, 11) is 0. The second-order valence-electron chi connectivity index (χ2n) is 3.46. The van der Waals surface area contributed by atoms with Gasteiger partial charge in [0, 0.05) is 10.9 Å². The number of aliphatic hydroxyl groups excluding tert-OH is 1. The molecule has 0 aliphatic carbocycles. The van der Waals surface area contributed by atoms with E-state index in [0.717, 1.165) is 0 Å². The predicted molar refractivity (Wildman–Crippen MR) is 61.1 cm³/mol. The molecule has 0 radical (unpaired) electrons. The fraction of sp³-hybridized carbons (Fsp3) is 0.273. The summed E-state index contributed by atoms with van der Waals surface area (Å²) < 4.78 is 0.662. The van der Waals surface area contributed by atoms with Gasteiger partial charge in [-0.05, 0) is 30.2 Å². The predicted octanol–water partition coefficient (Wildman–Crippen LogP) is 1.70. The second-order valence-corrected chi connectivity index (χ2v) is 4.38. The van der Waals surface area contributed by atoms with Gasteiger partial charge in [0.1, 0.15) is 5.78 Å². The topological polar surface area (TPSA) is 74.6 Å². The van der Waals surface area contributed by atoms with Crippen LogP contribution >= 0.6 is 15.9 Å². The zero-order valence-electron chi connectivity index (χ0n) is 8.61. The zero-order valence-corrected chi connectivity index (χ0v) is 10.2. The molecule has 1 aromatic rings. The normalized spacial score (nSPS) is 12.2. The molecule has 0 amide bonds. The van der Waals surface area contributed by atoms with Crippen molar-refractivity contribution in [2.75, 3.05) is 0 Å². The number of Topliss-reactive ketones (excluding diaryl/α,β-unsaturated/α-hetero) is 1. The lowest BCUT2D eigenvalue weighted by atomic mass is 9.98. The first-order valence-electron chi connectivity index (χ1n) is 4.60. The van der Waals surface area contributed by atoms with Crippen LogP contribution in [0.1, 0.15) is 24.2 Å². The Morgan fingerprint density at radius 2 is 2.06 bits per heavy atom. The second kappa shape index (κ2) is 5.23. The van der Waals surface area contributed by atoms with Gasteiger partial charge in [-0.25, -0.2) is 4.79 Å². The standard InChI is InChI=1S/C11H11BrO4/c1-6(13)4-7-2-3-8(12)5-9(7)10(14)11(15)16/h2-3,5,10,14H,4H2,1H3,(H,15,16). The lowest BCUT2D eigenvalue weighted by Crippen LogP contribution is -2.14. The smallest absolute Gasteiger partial charge is 0.337 e. The van der Waals surface area contributed by atoms with E-state index in [-0.39, 0.29) is 17.8 Å². The van der Waals surface area contributed by atoms with Crippen LogP contribution in [0.2, 0.25) is 0 Å². The Hall–Kier alpha value is -1.20. The zero-order chi connectivity index (χ0) is 12.3. The first kappa shape index (κ1) is 12.9. The third-order valence-electron chi connectivity index (χ3n) is 2.08. The van der Waals surface area contributed by atoms with Gasteiger partial charge in [0.05, 0.1) is 0 Å². The van der Waals surface area contributed by atoms with Crippen LogP contribution in [0, 0.1) is 0 Å². The number of benzene rings is 1. The third-order valence-corrected chi connectivity index (χ3v) is 2.57. The van der Waals surface area contributed by atoms with Gasteiger partial charge in [0.25, 0.3) is 0 Å². The summed E-state index contributed by atoms with van der Waals surface area (Å²) >= 11 is 3.19. The van der Waals surface area contributed by atoms with Crippen molar-refractivity contribution in [1.29, 1.82) is 0 Å². The highest BCUT2D eigenvalue weighted by molar-refractivity contribution is 9.10. The highest BCUT2D eigenvalue weighted by atomic mass is 79.9. The summed E-state index contributed by atoms with van der Waals surface area (Å²) in [6.07, 6.45) is -1.49. The molecule has 1 aromatic carbocycles. The quantitative estimate of drug-likeness (QED) is 0.883. The maximum atomic E-state index is 11.0. The van der Waals surface area contributed by atoms with E-state index in [4.69, 9.17) is 5.11 Å². The number of carbonyl (C=O) groups excluding carboxylic acids is 1. The average Bonchev–Trinajstić information content (AvgIpc) is 2.18. The van der Waals surface area contributed by atoms with Crippen LogP contribution in [0.15, 0.2) is 22.7 Å². The molecule has 0 fully saturated rings. The van der Waals surface area contributed by atoms with Gasteiger partial charge in [-0.2, -0.15) is 0 Å². The van der Waals surface area contributed by atoms with Gasteiger partial charge in [-0.1, -0.05) is 22.0 Å². The van der Waals surface area contributed by atoms with Crippen molar-refractivity contribution in [3.63, 3.8) is 0 Å². The monoisotopic (exact) mass is 286 g/mol. The molecule has 0 aliphatic rings. The van der Waals surface area contributed by atoms with Crippen LogP contribution in [0.3, 0.4) is 0 Å². The molecular weight excluding hydrogens is 276 g/mol. The largest absolute Gasteiger partial charge is 0.479 e. The van der Waals surface area contributed by atoms with Gasteiger partial charge < -0.3 is 10.2 Å². The summed E-state index contributed by atoms with van der Waals surface area (Å²) in [5.41, 5.74) is 0.780. The van der Waals surface area contributed by atoms with Crippen molar-refractivity contribution >= 4 is 27.7 Å². The summed E-state index contributed by atoms with van der Waals surface area (Å²) in [5, 5.41) is 18.2. The van der Waals surface area contributed by atoms with Crippen molar-refractivity contribution in [2.24, 2.45) is 0 Å². The molecule has 5 heteroatoms.